The summed E-state index contributed by atoms with van der Waals surface area (Å²) in [6.45, 7) is 8.61. The summed E-state index contributed by atoms with van der Waals surface area (Å²) in [7, 11) is 1.63. The SMILES string of the molecule is CCN1CCN(c2cccc(NCc3ccc(OC)nc3)c2)CC1. The largest absolute Gasteiger partial charge is 0.481 e. The molecule has 5 heteroatoms. The summed E-state index contributed by atoms with van der Waals surface area (Å²) in [5.41, 5.74) is 3.57. The maximum atomic E-state index is 5.09. The van der Waals surface area contributed by atoms with E-state index in [4.69, 9.17) is 4.74 Å². The van der Waals surface area contributed by atoms with Crippen LogP contribution in [0.3, 0.4) is 0 Å². The Balaban J connectivity index is 1.58. The molecule has 1 N–H and O–H groups in total. The zero-order valence-electron chi connectivity index (χ0n) is 14.5. The fourth-order valence-corrected chi connectivity index (χ4v) is 2.98. The van der Waals surface area contributed by atoms with Crippen LogP contribution < -0.4 is 15.0 Å². The van der Waals surface area contributed by atoms with Gasteiger partial charge in [0.15, 0.2) is 0 Å². The molecule has 1 saturated heterocycles. The van der Waals surface area contributed by atoms with E-state index in [0.29, 0.717) is 5.88 Å². The van der Waals surface area contributed by atoms with Crippen molar-refractivity contribution in [2.75, 3.05) is 50.1 Å². The van der Waals surface area contributed by atoms with Gasteiger partial charge in [-0.3, -0.25) is 0 Å². The predicted octanol–water partition coefficient (Wildman–Crippen LogP) is 2.84. The van der Waals surface area contributed by atoms with Gasteiger partial charge in [0.05, 0.1) is 7.11 Å². The first-order valence-corrected chi connectivity index (χ1v) is 8.58. The van der Waals surface area contributed by atoms with Crippen LogP contribution >= 0.6 is 0 Å². The van der Waals surface area contributed by atoms with Crippen LogP contribution in [0.2, 0.25) is 0 Å². The molecule has 0 spiro atoms. The number of likely N-dealkylation sites (N-methyl/N-ethyl adjacent to an activating group) is 1. The zero-order valence-corrected chi connectivity index (χ0v) is 14.5. The van der Waals surface area contributed by atoms with E-state index in [1.54, 1.807) is 7.11 Å². The smallest absolute Gasteiger partial charge is 0.212 e. The molecule has 2 aromatic rings. The lowest BCUT2D eigenvalue weighted by Gasteiger charge is -2.35. The lowest BCUT2D eigenvalue weighted by molar-refractivity contribution is 0.271. The molecular weight excluding hydrogens is 300 g/mol. The maximum absolute atomic E-state index is 5.09. The molecule has 128 valence electrons. The Hall–Kier alpha value is -2.27. The molecule has 2 heterocycles. The van der Waals surface area contributed by atoms with Crippen molar-refractivity contribution in [2.45, 2.75) is 13.5 Å². The molecule has 0 unspecified atom stereocenters. The number of ether oxygens (including phenoxy) is 1. The number of methoxy groups -OCH3 is 1. The minimum absolute atomic E-state index is 0.645. The van der Waals surface area contributed by atoms with E-state index in [9.17, 15) is 0 Å². The third kappa shape index (κ3) is 4.17. The molecule has 0 aliphatic carbocycles. The van der Waals surface area contributed by atoms with Crippen LogP contribution in [0.4, 0.5) is 11.4 Å². The third-order valence-corrected chi connectivity index (χ3v) is 4.53. The molecule has 24 heavy (non-hydrogen) atoms. The van der Waals surface area contributed by atoms with Crippen LogP contribution in [-0.2, 0) is 6.54 Å². The van der Waals surface area contributed by atoms with E-state index < -0.39 is 0 Å². The first kappa shape index (κ1) is 16.6. The number of rotatable bonds is 6. The molecule has 3 rings (SSSR count). The van der Waals surface area contributed by atoms with E-state index >= 15 is 0 Å². The van der Waals surface area contributed by atoms with Crippen LogP contribution in [-0.4, -0.2) is 49.7 Å². The Kier molecular flexibility index (Phi) is 5.54. The van der Waals surface area contributed by atoms with Crippen LogP contribution in [0.1, 0.15) is 12.5 Å². The summed E-state index contributed by atoms with van der Waals surface area (Å²) in [6.07, 6.45) is 1.85. The standard InChI is InChI=1S/C19H26N4O/c1-3-22-9-11-23(12-10-22)18-6-4-5-17(13-18)20-14-16-7-8-19(24-2)21-15-16/h4-8,13,15,20H,3,9-12,14H2,1-2H3. The molecule has 0 saturated carbocycles. The first-order chi connectivity index (χ1) is 11.8. The second kappa shape index (κ2) is 8.02. The molecule has 1 aliphatic heterocycles. The molecule has 5 nitrogen and oxygen atoms in total. The minimum atomic E-state index is 0.645. The third-order valence-electron chi connectivity index (χ3n) is 4.53. The summed E-state index contributed by atoms with van der Waals surface area (Å²) in [5, 5.41) is 3.48. The van der Waals surface area contributed by atoms with Crippen molar-refractivity contribution in [3.8, 4) is 5.88 Å². The molecule has 1 aliphatic rings. The number of anilines is 2. The lowest BCUT2D eigenvalue weighted by Crippen LogP contribution is -2.46. The van der Waals surface area contributed by atoms with Gasteiger partial charge in [0, 0.05) is 56.4 Å². The van der Waals surface area contributed by atoms with Gasteiger partial charge in [0.1, 0.15) is 0 Å². The van der Waals surface area contributed by atoms with Crippen molar-refractivity contribution >= 4 is 11.4 Å². The summed E-state index contributed by atoms with van der Waals surface area (Å²) >= 11 is 0. The van der Waals surface area contributed by atoms with E-state index in [1.165, 1.54) is 5.69 Å². The normalized spacial score (nSPS) is 15.3. The molecule has 0 amide bonds. The predicted molar refractivity (Wildman–Crippen MR) is 98.9 cm³/mol. The maximum Gasteiger partial charge on any atom is 0.212 e. The quantitative estimate of drug-likeness (QED) is 0.884. The number of aromatic nitrogens is 1. The number of hydrogen-bond donors (Lipinski definition) is 1. The first-order valence-electron chi connectivity index (χ1n) is 8.58. The highest BCUT2D eigenvalue weighted by atomic mass is 16.5. The number of piperazine rings is 1. The van der Waals surface area contributed by atoms with Gasteiger partial charge in [-0.1, -0.05) is 19.1 Å². The van der Waals surface area contributed by atoms with Gasteiger partial charge in [-0.05, 0) is 30.3 Å². The molecule has 1 fully saturated rings. The number of nitrogens with zero attached hydrogens (tertiary/aromatic N) is 3. The highest BCUT2D eigenvalue weighted by molar-refractivity contribution is 5.58. The van der Waals surface area contributed by atoms with E-state index in [0.717, 1.165) is 50.5 Å². The molecule has 1 aromatic heterocycles. The van der Waals surface area contributed by atoms with Crippen LogP contribution in [0.5, 0.6) is 5.88 Å². The van der Waals surface area contributed by atoms with Gasteiger partial charge in [0.25, 0.3) is 0 Å². The minimum Gasteiger partial charge on any atom is -0.481 e. The summed E-state index contributed by atoms with van der Waals surface area (Å²) in [6, 6.07) is 12.6. The zero-order chi connectivity index (χ0) is 16.8. The van der Waals surface area contributed by atoms with Gasteiger partial charge in [-0.25, -0.2) is 4.98 Å². The van der Waals surface area contributed by atoms with E-state index in [1.807, 2.05) is 18.3 Å². The molecule has 1 aromatic carbocycles. The average Bonchev–Trinajstić information content (AvgIpc) is 2.67. The Morgan fingerprint density at radius 2 is 1.96 bits per heavy atom. The van der Waals surface area contributed by atoms with Gasteiger partial charge in [-0.2, -0.15) is 0 Å². The van der Waals surface area contributed by atoms with Gasteiger partial charge in [0.2, 0.25) is 5.88 Å². The number of hydrogen-bond acceptors (Lipinski definition) is 5. The summed E-state index contributed by atoms with van der Waals surface area (Å²) in [5.74, 6) is 0.645. The number of benzene rings is 1. The second-order valence-corrected chi connectivity index (χ2v) is 6.03. The summed E-state index contributed by atoms with van der Waals surface area (Å²) < 4.78 is 5.09. The molecular formula is C19H26N4O. The lowest BCUT2D eigenvalue weighted by atomic mass is 10.2. The van der Waals surface area contributed by atoms with Crippen LogP contribution in [0.25, 0.3) is 0 Å². The second-order valence-electron chi connectivity index (χ2n) is 6.03. The summed E-state index contributed by atoms with van der Waals surface area (Å²) in [4.78, 5) is 9.20. The Morgan fingerprint density at radius 3 is 2.62 bits per heavy atom. The fourth-order valence-electron chi connectivity index (χ4n) is 2.98. The van der Waals surface area contributed by atoms with Crippen molar-refractivity contribution in [1.82, 2.24) is 9.88 Å². The van der Waals surface area contributed by atoms with E-state index in [2.05, 4.69) is 51.3 Å². The average molecular weight is 326 g/mol. The van der Waals surface area contributed by atoms with Gasteiger partial charge in [-0.15, -0.1) is 0 Å². The fraction of sp³-hybridized carbons (Fsp3) is 0.421. The highest BCUT2D eigenvalue weighted by Gasteiger charge is 2.15. The number of pyridine rings is 1. The topological polar surface area (TPSA) is 40.6 Å². The van der Waals surface area contributed by atoms with Crippen LogP contribution in [0.15, 0.2) is 42.6 Å². The van der Waals surface area contributed by atoms with Gasteiger partial charge >= 0.3 is 0 Å². The Morgan fingerprint density at radius 1 is 1.12 bits per heavy atom. The molecule has 0 atom stereocenters. The van der Waals surface area contributed by atoms with Crippen LogP contribution in [0, 0.1) is 0 Å². The van der Waals surface area contributed by atoms with Crippen molar-refractivity contribution in [2.24, 2.45) is 0 Å². The van der Waals surface area contributed by atoms with Gasteiger partial charge < -0.3 is 19.9 Å². The Labute approximate surface area is 144 Å². The van der Waals surface area contributed by atoms with Crippen molar-refractivity contribution in [1.29, 1.82) is 0 Å². The molecule has 0 radical (unpaired) electrons. The highest BCUT2D eigenvalue weighted by Crippen LogP contribution is 2.21. The van der Waals surface area contributed by atoms with Crippen molar-refractivity contribution in [3.63, 3.8) is 0 Å². The number of nitrogens with one attached hydrogen (secondary N) is 1. The molecule has 0 bridgehead atoms. The van der Waals surface area contributed by atoms with E-state index in [-0.39, 0.29) is 0 Å². The van der Waals surface area contributed by atoms with Crippen molar-refractivity contribution < 1.29 is 4.74 Å². The van der Waals surface area contributed by atoms with Crippen molar-refractivity contribution in [3.05, 3.63) is 48.2 Å². The Bertz CT molecular complexity index is 636. The monoisotopic (exact) mass is 326 g/mol.